The second-order valence-corrected chi connectivity index (χ2v) is 19.8. The number of carbonyl (C=O) groups excluding carboxylic acids is 4. The summed E-state index contributed by atoms with van der Waals surface area (Å²) in [5, 5.41) is 9.76. The molecule has 4 fully saturated rings. The topological polar surface area (TPSA) is 215 Å². The van der Waals surface area contributed by atoms with Crippen molar-refractivity contribution < 1.29 is 32.9 Å². The van der Waals surface area contributed by atoms with Crippen LogP contribution in [0.5, 0.6) is 5.75 Å². The van der Waals surface area contributed by atoms with Crippen LogP contribution >= 0.6 is 11.3 Å². The number of aromatic amines is 1. The van der Waals surface area contributed by atoms with Gasteiger partial charge in [0.1, 0.15) is 23.9 Å². The number of rotatable bonds is 12. The number of fused-ring (bicyclic) bond motifs is 1. The molecule has 0 radical (unpaired) electrons. The molecular weight excluding hydrogens is 855 g/mol. The molecule has 0 spiro atoms. The number of ether oxygens (including phenoxy) is 2. The van der Waals surface area contributed by atoms with Crippen molar-refractivity contribution in [2.75, 3.05) is 19.0 Å². The Balaban J connectivity index is 0.000000163. The number of carbonyl (C=O) groups is 4. The molecule has 0 bridgehead atoms. The molecule has 4 aliphatic rings. The molecule has 5 unspecified atom stereocenters. The number of benzene rings is 2. The van der Waals surface area contributed by atoms with E-state index in [0.29, 0.717) is 29.3 Å². The molecule has 3 saturated carbocycles. The molecule has 17 heteroatoms. The van der Waals surface area contributed by atoms with E-state index in [0.717, 1.165) is 66.3 Å². The molecular formula is C47H61N7O8S2. The van der Waals surface area contributed by atoms with Crippen molar-refractivity contribution in [3.8, 4) is 17.1 Å². The van der Waals surface area contributed by atoms with E-state index >= 15 is 0 Å². The zero-order valence-electron chi connectivity index (χ0n) is 37.1. The van der Waals surface area contributed by atoms with Crippen molar-refractivity contribution >= 4 is 62.2 Å². The summed E-state index contributed by atoms with van der Waals surface area (Å²) in [5.41, 5.74) is 7.17. The van der Waals surface area contributed by atoms with Gasteiger partial charge in [-0.3, -0.25) is 23.9 Å². The number of thiazole rings is 1. The standard InChI is InChI=1S/C18H19N3O2S.C17H29N3O4.C12H13NO2S/c1-23-12-6-7-13-14(8-12)20-15(9-17(13)22)16-10-24-18(21-16)19-11-4-2-3-5-11;1-17(2,3)13(19-16(23)24-11-7-4-5-8-11)15(22)20-10-6-9-12(20)14(18)21;1-2-9-8-11(9)12(14)13-16(15)10-6-4-3-5-7-10/h6-11H,2-5H2,1H3,(H,19,21)(H,20,22);11-13H,4-10H2,1-3H3,(H2,18,21)(H,19,23);2-7,9,11H,1,8H2,(H,13,14). The van der Waals surface area contributed by atoms with E-state index < -0.39 is 40.5 Å². The highest BCUT2D eigenvalue weighted by molar-refractivity contribution is 7.83. The lowest BCUT2D eigenvalue weighted by Crippen LogP contribution is -2.57. The number of hydrogen-bond acceptors (Lipinski definition) is 11. The largest absolute Gasteiger partial charge is 0.497 e. The van der Waals surface area contributed by atoms with E-state index in [-0.39, 0.29) is 35.2 Å². The van der Waals surface area contributed by atoms with Crippen LogP contribution in [0.4, 0.5) is 9.93 Å². The molecule has 1 saturated heterocycles. The molecule has 15 nitrogen and oxygen atoms in total. The van der Waals surface area contributed by atoms with Crippen molar-refractivity contribution in [2.45, 2.75) is 121 Å². The molecule has 64 heavy (non-hydrogen) atoms. The fourth-order valence-corrected chi connectivity index (χ4v) is 9.85. The van der Waals surface area contributed by atoms with E-state index in [2.05, 4.69) is 31.9 Å². The van der Waals surface area contributed by atoms with Crippen LogP contribution in [0.3, 0.4) is 0 Å². The van der Waals surface area contributed by atoms with Crippen molar-refractivity contribution in [3.05, 3.63) is 82.9 Å². The first-order valence-electron chi connectivity index (χ1n) is 22.1. The number of aromatic nitrogens is 2. The molecule has 5 atom stereocenters. The predicted octanol–water partition coefficient (Wildman–Crippen LogP) is 7.21. The van der Waals surface area contributed by atoms with E-state index in [1.54, 1.807) is 67.0 Å². The van der Waals surface area contributed by atoms with E-state index in [9.17, 15) is 28.2 Å². The summed E-state index contributed by atoms with van der Waals surface area (Å²) in [4.78, 5) is 70.7. The van der Waals surface area contributed by atoms with Crippen molar-refractivity contribution in [3.63, 3.8) is 0 Å². The van der Waals surface area contributed by atoms with Crippen molar-refractivity contribution in [1.29, 1.82) is 0 Å². The van der Waals surface area contributed by atoms with Gasteiger partial charge in [-0.2, -0.15) is 0 Å². The summed E-state index contributed by atoms with van der Waals surface area (Å²) in [7, 11) is 0.171. The van der Waals surface area contributed by atoms with E-state index in [1.807, 2.05) is 38.3 Å². The number of anilines is 1. The summed E-state index contributed by atoms with van der Waals surface area (Å²) in [6, 6.07) is 15.1. The van der Waals surface area contributed by atoms with Crippen LogP contribution in [0.25, 0.3) is 22.3 Å². The van der Waals surface area contributed by atoms with Gasteiger partial charge in [-0.15, -0.1) is 17.9 Å². The minimum Gasteiger partial charge on any atom is -0.497 e. The number of nitrogens with two attached hydrogens (primary N) is 1. The molecule has 1 aliphatic heterocycles. The number of nitrogens with one attached hydrogen (secondary N) is 4. The number of alkyl carbamates (subject to hydrolysis) is 1. The summed E-state index contributed by atoms with van der Waals surface area (Å²) in [6.07, 6.45) is 12.1. The number of amides is 4. The number of pyridine rings is 1. The van der Waals surface area contributed by atoms with Gasteiger partial charge in [-0.05, 0) is 93.4 Å². The van der Waals surface area contributed by atoms with Crippen LogP contribution in [-0.4, -0.2) is 80.8 Å². The second kappa shape index (κ2) is 21.9. The minimum atomic E-state index is -1.44. The number of hydrogen-bond donors (Lipinski definition) is 5. The Morgan fingerprint density at radius 1 is 1.00 bits per heavy atom. The smallest absolute Gasteiger partial charge is 0.408 e. The van der Waals surface area contributed by atoms with Gasteiger partial charge in [0.05, 0.1) is 28.9 Å². The number of likely N-dealkylation sites (tertiary alicyclic amines) is 1. The Morgan fingerprint density at radius 3 is 2.34 bits per heavy atom. The van der Waals surface area contributed by atoms with Gasteiger partial charge >= 0.3 is 6.09 Å². The highest BCUT2D eigenvalue weighted by atomic mass is 32.2. The third-order valence-corrected chi connectivity index (χ3v) is 13.8. The van der Waals surface area contributed by atoms with Gasteiger partial charge in [0.25, 0.3) is 0 Å². The lowest BCUT2D eigenvalue weighted by Gasteiger charge is -2.35. The van der Waals surface area contributed by atoms with Crippen molar-refractivity contribution in [1.82, 2.24) is 24.9 Å². The number of H-pyrrole nitrogens is 1. The van der Waals surface area contributed by atoms with Crippen LogP contribution < -0.4 is 31.3 Å². The number of allylic oxidation sites excluding steroid dienone is 1. The fraction of sp³-hybridized carbons (Fsp3) is 0.489. The predicted molar refractivity (Wildman–Crippen MR) is 250 cm³/mol. The van der Waals surface area contributed by atoms with E-state index in [1.165, 1.54) is 30.6 Å². The maximum Gasteiger partial charge on any atom is 0.408 e. The molecule has 6 N–H and O–H groups in total. The molecule has 4 amide bonds. The summed E-state index contributed by atoms with van der Waals surface area (Å²) in [6.45, 7) is 9.75. The molecule has 344 valence electrons. The maximum absolute atomic E-state index is 12.9. The second-order valence-electron chi connectivity index (χ2n) is 17.8. The van der Waals surface area contributed by atoms with Crippen LogP contribution in [-0.2, 0) is 30.1 Å². The Hall–Kier alpha value is -5.55. The third kappa shape index (κ3) is 12.8. The van der Waals surface area contributed by atoms with Gasteiger partial charge in [0, 0.05) is 41.4 Å². The van der Waals surface area contributed by atoms with Crippen molar-refractivity contribution in [2.24, 2.45) is 23.0 Å². The van der Waals surface area contributed by atoms with Gasteiger partial charge in [-0.25, -0.2) is 14.0 Å². The van der Waals surface area contributed by atoms with Gasteiger partial charge in [0.2, 0.25) is 17.7 Å². The zero-order chi connectivity index (χ0) is 46.0. The Morgan fingerprint density at radius 2 is 1.70 bits per heavy atom. The Bertz CT molecular complexity index is 2350. The normalized spacial score (nSPS) is 20.4. The number of primary amides is 1. The maximum atomic E-state index is 12.9. The van der Waals surface area contributed by atoms with Crippen LogP contribution in [0.1, 0.15) is 91.4 Å². The molecule has 2 aromatic carbocycles. The minimum absolute atomic E-state index is 0.0142. The average molecular weight is 916 g/mol. The lowest BCUT2D eigenvalue weighted by atomic mass is 9.85. The first-order chi connectivity index (χ1) is 30.6. The first-order valence-corrected chi connectivity index (χ1v) is 24.1. The van der Waals surface area contributed by atoms with Gasteiger partial charge in [0.15, 0.2) is 21.5 Å². The monoisotopic (exact) mass is 915 g/mol. The average Bonchev–Trinajstić information content (AvgIpc) is 3.87. The third-order valence-electron chi connectivity index (χ3n) is 11.9. The lowest BCUT2D eigenvalue weighted by molar-refractivity contribution is -0.141. The zero-order valence-corrected chi connectivity index (χ0v) is 38.7. The van der Waals surface area contributed by atoms with E-state index in [4.69, 9.17) is 15.2 Å². The summed E-state index contributed by atoms with van der Waals surface area (Å²) in [5.74, 6) is 0.0244. The summed E-state index contributed by atoms with van der Waals surface area (Å²) < 4.78 is 24.9. The number of methoxy groups -OCH3 is 1. The molecule has 2 aromatic heterocycles. The molecule has 4 aromatic rings. The van der Waals surface area contributed by atoms with Crippen LogP contribution in [0.15, 0.2) is 82.3 Å². The highest BCUT2D eigenvalue weighted by Gasteiger charge is 2.42. The van der Waals surface area contributed by atoms with Gasteiger partial charge in [-0.1, -0.05) is 57.9 Å². The van der Waals surface area contributed by atoms with Crippen LogP contribution in [0, 0.1) is 17.3 Å². The highest BCUT2D eigenvalue weighted by Crippen LogP contribution is 2.39. The molecule has 3 heterocycles. The van der Waals surface area contributed by atoms with Crippen LogP contribution in [0.2, 0.25) is 0 Å². The number of nitrogens with zero attached hydrogens (tertiary/aromatic N) is 2. The molecule has 3 aliphatic carbocycles. The van der Waals surface area contributed by atoms with Gasteiger partial charge < -0.3 is 35.7 Å². The SMILES string of the molecule is C=CC1CC1C(=O)NS(=O)c1ccccc1.CC(C)(C)C(NC(=O)OC1CCCC1)C(=O)N1CCCC1C(N)=O.COc1ccc2c(=O)cc(-c3csc(NC4CCCC4)n3)[nH]c2c1. The fourth-order valence-electron chi connectivity index (χ4n) is 8.20. The Labute approximate surface area is 380 Å². The quantitative estimate of drug-likeness (QED) is 0.0901. The Kier molecular flexibility index (Phi) is 16.4. The molecule has 8 rings (SSSR count). The summed E-state index contributed by atoms with van der Waals surface area (Å²) >= 11 is 1.58. The first kappa shape index (κ1) is 47.9.